The molecule has 0 spiro atoms. The van der Waals surface area contributed by atoms with Crippen LogP contribution < -0.4 is 5.32 Å². The number of rotatable bonds is 4. The molecule has 1 unspecified atom stereocenters. The first-order valence-electron chi connectivity index (χ1n) is 6.44. The molecule has 1 aromatic carbocycles. The van der Waals surface area contributed by atoms with Crippen molar-refractivity contribution in [3.8, 4) is 0 Å². The van der Waals surface area contributed by atoms with Gasteiger partial charge in [-0.25, -0.2) is 0 Å². The van der Waals surface area contributed by atoms with E-state index in [9.17, 15) is 18.0 Å². The van der Waals surface area contributed by atoms with Gasteiger partial charge in [0.25, 0.3) is 0 Å². The fourth-order valence-electron chi connectivity index (χ4n) is 2.18. The number of nitrogens with one attached hydrogen (secondary N) is 1. The summed E-state index contributed by atoms with van der Waals surface area (Å²) in [6.45, 7) is 1.79. The zero-order valence-electron chi connectivity index (χ0n) is 10.9. The third-order valence-electron chi connectivity index (χ3n) is 3.13. The lowest BCUT2D eigenvalue weighted by molar-refractivity contribution is -0.137. The number of hydrogen-bond donors (Lipinski definition) is 1. The van der Waals surface area contributed by atoms with E-state index in [-0.39, 0.29) is 24.7 Å². The molecule has 3 nitrogen and oxygen atoms in total. The van der Waals surface area contributed by atoms with Crippen molar-refractivity contribution < 1.29 is 22.7 Å². The van der Waals surface area contributed by atoms with Gasteiger partial charge in [-0.3, -0.25) is 4.79 Å². The van der Waals surface area contributed by atoms with Crippen LogP contribution in [0.3, 0.4) is 0 Å². The van der Waals surface area contributed by atoms with Crippen molar-refractivity contribution in [2.24, 2.45) is 0 Å². The summed E-state index contributed by atoms with van der Waals surface area (Å²) in [5, 5.41) is 3.15. The molecule has 20 heavy (non-hydrogen) atoms. The first-order valence-corrected chi connectivity index (χ1v) is 6.44. The van der Waals surface area contributed by atoms with E-state index in [0.717, 1.165) is 12.1 Å². The predicted molar refractivity (Wildman–Crippen MR) is 67.4 cm³/mol. The minimum absolute atomic E-state index is 0.0160. The van der Waals surface area contributed by atoms with E-state index < -0.39 is 11.7 Å². The fraction of sp³-hybridized carbons (Fsp3) is 0.500. The fourth-order valence-corrected chi connectivity index (χ4v) is 2.18. The van der Waals surface area contributed by atoms with E-state index >= 15 is 0 Å². The SMILES string of the molecule is O=C(Cc1cccc(C(F)(F)F)c1)CC1COCCN1. The van der Waals surface area contributed by atoms with Crippen LogP contribution in [0.15, 0.2) is 24.3 Å². The summed E-state index contributed by atoms with van der Waals surface area (Å²) in [5.41, 5.74) is -0.330. The molecule has 1 atom stereocenters. The van der Waals surface area contributed by atoms with Gasteiger partial charge in [-0.1, -0.05) is 18.2 Å². The highest BCUT2D eigenvalue weighted by molar-refractivity contribution is 5.81. The molecule has 2 rings (SSSR count). The molecular weight excluding hydrogens is 271 g/mol. The van der Waals surface area contributed by atoms with Gasteiger partial charge in [-0.2, -0.15) is 13.2 Å². The molecule has 110 valence electrons. The zero-order chi connectivity index (χ0) is 14.6. The molecule has 0 saturated carbocycles. The Morgan fingerprint density at radius 3 is 2.85 bits per heavy atom. The summed E-state index contributed by atoms with van der Waals surface area (Å²) in [4.78, 5) is 11.9. The second-order valence-electron chi connectivity index (χ2n) is 4.84. The van der Waals surface area contributed by atoms with E-state index in [2.05, 4.69) is 5.32 Å². The smallest absolute Gasteiger partial charge is 0.379 e. The first-order chi connectivity index (χ1) is 9.45. The summed E-state index contributed by atoms with van der Waals surface area (Å²) < 4.78 is 42.9. The number of Topliss-reactive ketones (excluding diaryl/α,β-unsaturated/α-hetero) is 1. The van der Waals surface area contributed by atoms with Crippen molar-refractivity contribution in [3.05, 3.63) is 35.4 Å². The van der Waals surface area contributed by atoms with Gasteiger partial charge < -0.3 is 10.1 Å². The van der Waals surface area contributed by atoms with Crippen LogP contribution in [0.1, 0.15) is 17.5 Å². The molecule has 1 aliphatic rings. The maximum Gasteiger partial charge on any atom is 0.416 e. The van der Waals surface area contributed by atoms with E-state index in [0.29, 0.717) is 25.3 Å². The molecule has 1 aromatic rings. The molecule has 0 aromatic heterocycles. The number of alkyl halides is 3. The van der Waals surface area contributed by atoms with Crippen LogP contribution in [0.25, 0.3) is 0 Å². The molecule has 0 amide bonds. The number of morpholine rings is 1. The lowest BCUT2D eigenvalue weighted by Gasteiger charge is -2.23. The van der Waals surface area contributed by atoms with Crippen molar-refractivity contribution in [2.45, 2.75) is 25.1 Å². The van der Waals surface area contributed by atoms with Crippen molar-refractivity contribution in [1.82, 2.24) is 5.32 Å². The largest absolute Gasteiger partial charge is 0.416 e. The summed E-state index contributed by atoms with van der Waals surface area (Å²) >= 11 is 0. The lowest BCUT2D eigenvalue weighted by atomic mass is 10.0. The Bertz CT molecular complexity index is 468. The van der Waals surface area contributed by atoms with Gasteiger partial charge in [0.15, 0.2) is 0 Å². The highest BCUT2D eigenvalue weighted by atomic mass is 19.4. The minimum Gasteiger partial charge on any atom is -0.379 e. The van der Waals surface area contributed by atoms with Gasteiger partial charge >= 0.3 is 6.18 Å². The Labute approximate surface area is 115 Å². The molecule has 6 heteroatoms. The third-order valence-corrected chi connectivity index (χ3v) is 3.13. The quantitative estimate of drug-likeness (QED) is 0.922. The topological polar surface area (TPSA) is 38.3 Å². The average Bonchev–Trinajstić information content (AvgIpc) is 2.39. The van der Waals surface area contributed by atoms with Crippen LogP contribution in [0.2, 0.25) is 0 Å². The second-order valence-corrected chi connectivity index (χ2v) is 4.84. The van der Waals surface area contributed by atoms with E-state index in [1.807, 2.05) is 0 Å². The third kappa shape index (κ3) is 4.31. The summed E-state index contributed by atoms with van der Waals surface area (Å²) in [6.07, 6.45) is -4.09. The van der Waals surface area contributed by atoms with Crippen molar-refractivity contribution in [2.75, 3.05) is 19.8 Å². The van der Waals surface area contributed by atoms with Crippen LogP contribution in [0.5, 0.6) is 0 Å². The molecular formula is C14H16F3NO2. The zero-order valence-corrected chi connectivity index (χ0v) is 10.9. The van der Waals surface area contributed by atoms with Gasteiger partial charge in [0.05, 0.1) is 18.8 Å². The first kappa shape index (κ1) is 15.0. The van der Waals surface area contributed by atoms with Crippen LogP contribution in [0.4, 0.5) is 13.2 Å². The van der Waals surface area contributed by atoms with Gasteiger partial charge in [-0.15, -0.1) is 0 Å². The monoisotopic (exact) mass is 287 g/mol. The predicted octanol–water partition coefficient (Wildman–Crippen LogP) is 2.20. The van der Waals surface area contributed by atoms with Gasteiger partial charge in [0, 0.05) is 25.4 Å². The Balaban J connectivity index is 1.93. The highest BCUT2D eigenvalue weighted by Gasteiger charge is 2.30. The molecule has 1 aliphatic heterocycles. The van der Waals surface area contributed by atoms with E-state index in [4.69, 9.17) is 4.74 Å². The average molecular weight is 287 g/mol. The normalized spacial score (nSPS) is 19.9. The number of ether oxygens (including phenoxy) is 1. The van der Waals surface area contributed by atoms with Crippen LogP contribution >= 0.6 is 0 Å². The van der Waals surface area contributed by atoms with Crippen LogP contribution in [-0.4, -0.2) is 31.6 Å². The van der Waals surface area contributed by atoms with E-state index in [1.165, 1.54) is 12.1 Å². The number of carbonyl (C=O) groups excluding carboxylic acids is 1. The molecule has 1 saturated heterocycles. The Morgan fingerprint density at radius 2 is 2.20 bits per heavy atom. The molecule has 1 fully saturated rings. The molecule has 1 N–H and O–H groups in total. The standard InChI is InChI=1S/C14H16F3NO2/c15-14(16,17)11-3-1-2-10(6-11)7-13(19)8-12-9-20-5-4-18-12/h1-3,6,12,18H,4-5,7-9H2. The van der Waals surface area contributed by atoms with Crippen molar-refractivity contribution in [1.29, 1.82) is 0 Å². The maximum atomic E-state index is 12.6. The second kappa shape index (κ2) is 6.37. The maximum absolute atomic E-state index is 12.6. The lowest BCUT2D eigenvalue weighted by Crippen LogP contribution is -2.42. The number of benzene rings is 1. The minimum atomic E-state index is -4.38. The molecule has 0 bridgehead atoms. The Kier molecular flexibility index (Phi) is 4.77. The van der Waals surface area contributed by atoms with Crippen molar-refractivity contribution in [3.63, 3.8) is 0 Å². The van der Waals surface area contributed by atoms with E-state index in [1.54, 1.807) is 0 Å². The Hall–Kier alpha value is -1.40. The molecule has 0 aliphatic carbocycles. The van der Waals surface area contributed by atoms with Crippen molar-refractivity contribution >= 4 is 5.78 Å². The number of ketones is 1. The number of carbonyl (C=O) groups is 1. The van der Waals surface area contributed by atoms with Crippen LogP contribution in [-0.2, 0) is 22.1 Å². The van der Waals surface area contributed by atoms with Gasteiger partial charge in [-0.05, 0) is 11.6 Å². The summed E-state index contributed by atoms with van der Waals surface area (Å²) in [5.74, 6) is -0.0904. The molecule has 1 heterocycles. The summed E-state index contributed by atoms with van der Waals surface area (Å²) in [7, 11) is 0. The highest BCUT2D eigenvalue weighted by Crippen LogP contribution is 2.29. The number of halogens is 3. The molecule has 0 radical (unpaired) electrons. The van der Waals surface area contributed by atoms with Gasteiger partial charge in [0.2, 0.25) is 0 Å². The van der Waals surface area contributed by atoms with Crippen LogP contribution in [0, 0.1) is 0 Å². The Morgan fingerprint density at radius 1 is 1.40 bits per heavy atom. The number of hydrogen-bond acceptors (Lipinski definition) is 3. The van der Waals surface area contributed by atoms with Gasteiger partial charge in [0.1, 0.15) is 5.78 Å². The summed E-state index contributed by atoms with van der Waals surface area (Å²) in [6, 6.07) is 4.86.